The zero-order valence-electron chi connectivity index (χ0n) is 9.65. The number of nitrogens with two attached hydrogens (primary N) is 2. The number of aliphatic imine (C=N–C) groups is 1. The summed E-state index contributed by atoms with van der Waals surface area (Å²) in [7, 11) is 0. The first-order valence-electron chi connectivity index (χ1n) is 5.91. The smallest absolute Gasteiger partial charge is 0.0940 e. The summed E-state index contributed by atoms with van der Waals surface area (Å²) in [5, 5.41) is 0. The molecule has 1 rings (SSSR count). The predicted octanol–water partition coefficient (Wildman–Crippen LogP) is 1.97. The van der Waals surface area contributed by atoms with Gasteiger partial charge in [0.1, 0.15) is 0 Å². The van der Waals surface area contributed by atoms with Crippen molar-refractivity contribution in [1.82, 2.24) is 0 Å². The number of rotatable bonds is 4. The van der Waals surface area contributed by atoms with Crippen molar-refractivity contribution in [2.24, 2.45) is 16.5 Å². The van der Waals surface area contributed by atoms with Crippen LogP contribution >= 0.6 is 0 Å². The molecule has 0 aromatic rings. The van der Waals surface area contributed by atoms with Gasteiger partial charge in [0.15, 0.2) is 0 Å². The van der Waals surface area contributed by atoms with Crippen molar-refractivity contribution in [1.29, 1.82) is 0 Å². The molecule has 1 aliphatic heterocycles. The van der Waals surface area contributed by atoms with E-state index in [1.165, 1.54) is 19.3 Å². The van der Waals surface area contributed by atoms with Crippen molar-refractivity contribution in [2.45, 2.75) is 57.5 Å². The van der Waals surface area contributed by atoms with E-state index in [1.807, 2.05) is 6.92 Å². The number of hydrogen-bond acceptors (Lipinski definition) is 3. The first kappa shape index (κ1) is 12.2. The Hall–Kier alpha value is -0.830. The van der Waals surface area contributed by atoms with E-state index in [0.717, 1.165) is 25.1 Å². The van der Waals surface area contributed by atoms with Gasteiger partial charge >= 0.3 is 0 Å². The molecule has 0 saturated carbocycles. The zero-order chi connectivity index (χ0) is 11.1. The molecule has 15 heavy (non-hydrogen) atoms. The molecule has 0 bridgehead atoms. The third-order valence-corrected chi connectivity index (χ3v) is 2.65. The molecule has 0 aliphatic carbocycles. The minimum absolute atomic E-state index is 0.254. The highest BCUT2D eigenvalue weighted by atomic mass is 14.9. The van der Waals surface area contributed by atoms with Crippen LogP contribution < -0.4 is 11.5 Å². The maximum Gasteiger partial charge on any atom is 0.0940 e. The number of amidine groups is 1. The summed E-state index contributed by atoms with van der Waals surface area (Å²) in [5.41, 5.74) is 11.4. The second-order valence-corrected chi connectivity index (χ2v) is 4.44. The highest BCUT2D eigenvalue weighted by molar-refractivity contribution is 5.80. The second kappa shape index (κ2) is 6.62. The van der Waals surface area contributed by atoms with Crippen LogP contribution in [0.1, 0.15) is 45.4 Å². The Morgan fingerprint density at radius 2 is 2.27 bits per heavy atom. The number of nitrogens with zero attached hydrogens (tertiary/aromatic N) is 1. The molecule has 4 N–H and O–H groups in total. The van der Waals surface area contributed by atoms with Crippen molar-refractivity contribution in [3.05, 3.63) is 12.2 Å². The lowest BCUT2D eigenvalue weighted by Gasteiger charge is -2.07. The van der Waals surface area contributed by atoms with E-state index in [2.05, 4.69) is 17.1 Å². The van der Waals surface area contributed by atoms with Gasteiger partial charge in [-0.3, -0.25) is 4.99 Å². The van der Waals surface area contributed by atoms with Crippen molar-refractivity contribution in [3.8, 4) is 0 Å². The first-order chi connectivity index (χ1) is 7.18. The van der Waals surface area contributed by atoms with Crippen LogP contribution in [0.4, 0.5) is 0 Å². The van der Waals surface area contributed by atoms with Crippen LogP contribution in [-0.2, 0) is 0 Å². The van der Waals surface area contributed by atoms with Crippen LogP contribution in [0.5, 0.6) is 0 Å². The van der Waals surface area contributed by atoms with Gasteiger partial charge in [-0.1, -0.05) is 18.6 Å². The molecule has 3 heteroatoms. The maximum atomic E-state index is 5.78. The fourth-order valence-corrected chi connectivity index (χ4v) is 1.78. The zero-order valence-corrected chi connectivity index (χ0v) is 9.65. The third kappa shape index (κ3) is 5.57. The molecule has 0 saturated heterocycles. The van der Waals surface area contributed by atoms with Crippen LogP contribution in [0.25, 0.3) is 0 Å². The highest BCUT2D eigenvalue weighted by Crippen LogP contribution is 2.15. The van der Waals surface area contributed by atoms with E-state index >= 15 is 0 Å². The van der Waals surface area contributed by atoms with E-state index in [9.17, 15) is 0 Å². The van der Waals surface area contributed by atoms with Gasteiger partial charge in [0.25, 0.3) is 0 Å². The third-order valence-electron chi connectivity index (χ3n) is 2.65. The highest BCUT2D eigenvalue weighted by Gasteiger charge is 2.09. The lowest BCUT2D eigenvalue weighted by Crippen LogP contribution is -2.14. The summed E-state index contributed by atoms with van der Waals surface area (Å²) in [6, 6.07) is 0.654. The van der Waals surface area contributed by atoms with E-state index in [4.69, 9.17) is 11.5 Å². The Labute approximate surface area is 92.6 Å². The molecule has 1 heterocycles. The quantitative estimate of drug-likeness (QED) is 0.695. The largest absolute Gasteiger partial charge is 0.387 e. The minimum Gasteiger partial charge on any atom is -0.387 e. The van der Waals surface area contributed by atoms with Gasteiger partial charge in [0.2, 0.25) is 0 Å². The normalized spacial score (nSPS) is 24.9. The molecule has 0 spiro atoms. The molecule has 2 atom stereocenters. The Bertz CT molecular complexity index is 231. The fourth-order valence-electron chi connectivity index (χ4n) is 1.78. The minimum atomic E-state index is 0.254. The Balaban J connectivity index is 2.30. The van der Waals surface area contributed by atoms with Crippen LogP contribution in [-0.4, -0.2) is 17.9 Å². The number of hydrogen-bond donors (Lipinski definition) is 2. The van der Waals surface area contributed by atoms with Crippen molar-refractivity contribution in [3.63, 3.8) is 0 Å². The van der Waals surface area contributed by atoms with E-state index in [1.54, 1.807) is 0 Å². The van der Waals surface area contributed by atoms with Gasteiger partial charge in [-0.15, -0.1) is 0 Å². The van der Waals surface area contributed by atoms with Crippen LogP contribution in [0, 0.1) is 0 Å². The molecule has 86 valence electrons. The lowest BCUT2D eigenvalue weighted by atomic mass is 10.1. The monoisotopic (exact) mass is 209 g/mol. The van der Waals surface area contributed by atoms with Gasteiger partial charge in [0.05, 0.1) is 11.9 Å². The van der Waals surface area contributed by atoms with Crippen LogP contribution in [0.15, 0.2) is 17.1 Å². The van der Waals surface area contributed by atoms with Gasteiger partial charge < -0.3 is 11.5 Å². The standard InChI is InChI=1S/C12H23N3/c1-10(13)6-2-3-7-11-8-4-5-9-12(14)15-11/h2-3,10-11H,4-9,13H2,1H3,(H2,14,15)/b3-2+/t10-,11+/m0/s1. The molecule has 0 aromatic carbocycles. The molecule has 0 unspecified atom stereocenters. The van der Waals surface area contributed by atoms with E-state index in [-0.39, 0.29) is 6.04 Å². The Morgan fingerprint density at radius 3 is 3.00 bits per heavy atom. The first-order valence-corrected chi connectivity index (χ1v) is 5.91. The molecule has 0 aromatic heterocycles. The average molecular weight is 209 g/mol. The Morgan fingerprint density at radius 1 is 1.47 bits per heavy atom. The van der Waals surface area contributed by atoms with Crippen molar-refractivity contribution in [2.75, 3.05) is 0 Å². The maximum absolute atomic E-state index is 5.78. The van der Waals surface area contributed by atoms with E-state index < -0.39 is 0 Å². The van der Waals surface area contributed by atoms with Crippen molar-refractivity contribution < 1.29 is 0 Å². The summed E-state index contributed by atoms with van der Waals surface area (Å²) in [5.74, 6) is 0.832. The SMILES string of the molecule is C[C@H](N)C/C=C/C[C@@H]1CCCCC(N)=N1. The topological polar surface area (TPSA) is 64.4 Å². The summed E-state index contributed by atoms with van der Waals surface area (Å²) in [6.07, 6.45) is 10.9. The van der Waals surface area contributed by atoms with Crippen molar-refractivity contribution >= 4 is 5.84 Å². The molecule has 0 fully saturated rings. The lowest BCUT2D eigenvalue weighted by molar-refractivity contribution is 0.595. The molecule has 0 radical (unpaired) electrons. The molecular formula is C12H23N3. The summed E-state index contributed by atoms with van der Waals surface area (Å²) in [6.45, 7) is 2.02. The van der Waals surface area contributed by atoms with Crippen LogP contribution in [0.3, 0.4) is 0 Å². The average Bonchev–Trinajstić information content (AvgIpc) is 2.37. The van der Waals surface area contributed by atoms with Crippen LogP contribution in [0.2, 0.25) is 0 Å². The molecule has 0 amide bonds. The summed E-state index contributed by atoms with van der Waals surface area (Å²) < 4.78 is 0. The van der Waals surface area contributed by atoms with Gasteiger partial charge in [-0.2, -0.15) is 0 Å². The van der Waals surface area contributed by atoms with Gasteiger partial charge in [-0.05, 0) is 32.6 Å². The molecule has 3 nitrogen and oxygen atoms in total. The van der Waals surface area contributed by atoms with Gasteiger partial charge in [0, 0.05) is 12.5 Å². The molecule has 1 aliphatic rings. The predicted molar refractivity (Wildman–Crippen MR) is 65.9 cm³/mol. The van der Waals surface area contributed by atoms with E-state index in [0.29, 0.717) is 6.04 Å². The fraction of sp³-hybridized carbons (Fsp3) is 0.750. The Kier molecular flexibility index (Phi) is 5.40. The summed E-state index contributed by atoms with van der Waals surface area (Å²) in [4.78, 5) is 4.50. The van der Waals surface area contributed by atoms with Gasteiger partial charge in [-0.25, -0.2) is 0 Å². The summed E-state index contributed by atoms with van der Waals surface area (Å²) >= 11 is 0. The molecular weight excluding hydrogens is 186 g/mol. The second-order valence-electron chi connectivity index (χ2n) is 4.44.